The number of aromatic nitrogens is 1. The average Bonchev–Trinajstić information content (AvgIpc) is 2.78. The molecule has 0 bridgehead atoms. The highest BCUT2D eigenvalue weighted by molar-refractivity contribution is 6.33. The predicted octanol–water partition coefficient (Wildman–Crippen LogP) is 1.64. The summed E-state index contributed by atoms with van der Waals surface area (Å²) in [7, 11) is 0. The van der Waals surface area contributed by atoms with Crippen LogP contribution in [-0.4, -0.2) is 40.9 Å². The van der Waals surface area contributed by atoms with Gasteiger partial charge in [-0.1, -0.05) is 11.6 Å². The van der Waals surface area contributed by atoms with Crippen molar-refractivity contribution in [3.63, 3.8) is 0 Å². The molecule has 1 aromatic heterocycles. The number of nitrogens with zero attached hydrogens (tertiary/aromatic N) is 2. The van der Waals surface area contributed by atoms with Crippen LogP contribution in [0.15, 0.2) is 12.1 Å². The van der Waals surface area contributed by atoms with Gasteiger partial charge in [0.2, 0.25) is 0 Å². The fraction of sp³-hybridized carbons (Fsp3) is 0.500. The minimum atomic E-state index is -1.12. The summed E-state index contributed by atoms with van der Waals surface area (Å²) < 4.78 is 0. The third-order valence-corrected chi connectivity index (χ3v) is 3.49. The van der Waals surface area contributed by atoms with Gasteiger partial charge in [0.1, 0.15) is 5.82 Å². The Labute approximate surface area is 110 Å². The van der Waals surface area contributed by atoms with Crippen LogP contribution in [0.25, 0.3) is 0 Å². The van der Waals surface area contributed by atoms with Gasteiger partial charge < -0.3 is 15.1 Å². The number of carboxylic acids is 1. The smallest absolute Gasteiger partial charge is 0.356 e. The van der Waals surface area contributed by atoms with Crippen molar-refractivity contribution in [2.24, 2.45) is 5.92 Å². The SMILES string of the molecule is O=C(O)c1nc(N2CCC(CCO)C2)ccc1Cl. The molecule has 6 heteroatoms. The minimum Gasteiger partial charge on any atom is -0.476 e. The molecular formula is C12H15ClN2O3. The molecule has 18 heavy (non-hydrogen) atoms. The lowest BCUT2D eigenvalue weighted by Crippen LogP contribution is -2.22. The number of carbonyl (C=O) groups is 1. The summed E-state index contributed by atoms with van der Waals surface area (Å²) in [5, 5.41) is 18.0. The topological polar surface area (TPSA) is 73.7 Å². The molecule has 0 aromatic carbocycles. The zero-order valence-corrected chi connectivity index (χ0v) is 10.6. The van der Waals surface area contributed by atoms with Crippen molar-refractivity contribution in [3.05, 3.63) is 22.8 Å². The van der Waals surface area contributed by atoms with Crippen LogP contribution in [0.1, 0.15) is 23.3 Å². The number of anilines is 1. The van der Waals surface area contributed by atoms with E-state index in [1.165, 1.54) is 0 Å². The van der Waals surface area contributed by atoms with E-state index in [4.69, 9.17) is 21.8 Å². The first kappa shape index (κ1) is 13.1. The molecule has 1 unspecified atom stereocenters. The quantitative estimate of drug-likeness (QED) is 0.870. The minimum absolute atomic E-state index is 0.111. The zero-order chi connectivity index (χ0) is 13.1. The van der Waals surface area contributed by atoms with Crippen LogP contribution in [-0.2, 0) is 0 Å². The standard InChI is InChI=1S/C12H15ClN2O3/c13-9-1-2-10(14-11(9)12(17)18)15-5-3-8(7-15)4-6-16/h1-2,8,16H,3-7H2,(H,17,18). The summed E-state index contributed by atoms with van der Waals surface area (Å²) in [6.45, 7) is 1.82. The van der Waals surface area contributed by atoms with Crippen LogP contribution < -0.4 is 4.90 Å². The summed E-state index contributed by atoms with van der Waals surface area (Å²) in [6.07, 6.45) is 1.77. The maximum Gasteiger partial charge on any atom is 0.356 e. The van der Waals surface area contributed by atoms with Crippen molar-refractivity contribution in [3.8, 4) is 0 Å². The fourth-order valence-electron chi connectivity index (χ4n) is 2.22. The zero-order valence-electron chi connectivity index (χ0n) is 9.84. The molecule has 2 heterocycles. The number of hydrogen-bond acceptors (Lipinski definition) is 4. The van der Waals surface area contributed by atoms with Gasteiger partial charge >= 0.3 is 5.97 Å². The maximum absolute atomic E-state index is 11.0. The number of pyridine rings is 1. The number of aliphatic hydroxyl groups excluding tert-OH is 1. The number of aromatic carboxylic acids is 1. The van der Waals surface area contributed by atoms with E-state index in [0.717, 1.165) is 25.9 Å². The third-order valence-electron chi connectivity index (χ3n) is 3.18. The molecule has 1 atom stereocenters. The monoisotopic (exact) mass is 270 g/mol. The third kappa shape index (κ3) is 2.73. The van der Waals surface area contributed by atoms with Crippen molar-refractivity contribution < 1.29 is 15.0 Å². The number of rotatable bonds is 4. The Bertz CT molecular complexity index is 453. The number of carboxylic acid groups (broad SMARTS) is 1. The van der Waals surface area contributed by atoms with Gasteiger partial charge in [0.25, 0.3) is 0 Å². The first-order chi connectivity index (χ1) is 8.61. The molecule has 5 nitrogen and oxygen atoms in total. The molecular weight excluding hydrogens is 256 g/mol. The molecule has 0 aliphatic carbocycles. The molecule has 1 aliphatic rings. The van der Waals surface area contributed by atoms with Crippen molar-refractivity contribution in [2.45, 2.75) is 12.8 Å². The van der Waals surface area contributed by atoms with Crippen molar-refractivity contribution in [1.82, 2.24) is 4.98 Å². The van der Waals surface area contributed by atoms with Gasteiger partial charge in [0.05, 0.1) is 5.02 Å². The first-order valence-corrected chi connectivity index (χ1v) is 6.25. The van der Waals surface area contributed by atoms with Gasteiger partial charge in [-0.25, -0.2) is 9.78 Å². The molecule has 2 rings (SSSR count). The van der Waals surface area contributed by atoms with Gasteiger partial charge in [0, 0.05) is 19.7 Å². The van der Waals surface area contributed by atoms with E-state index < -0.39 is 5.97 Å². The Morgan fingerprint density at radius 3 is 3.00 bits per heavy atom. The summed E-state index contributed by atoms with van der Waals surface area (Å²) in [5.74, 6) is -0.0362. The van der Waals surface area contributed by atoms with Crippen LogP contribution in [0, 0.1) is 5.92 Å². The van der Waals surface area contributed by atoms with E-state index in [0.29, 0.717) is 11.7 Å². The Morgan fingerprint density at radius 2 is 2.33 bits per heavy atom. The highest BCUT2D eigenvalue weighted by Crippen LogP contribution is 2.26. The van der Waals surface area contributed by atoms with Gasteiger partial charge in [-0.05, 0) is 30.9 Å². The van der Waals surface area contributed by atoms with Gasteiger partial charge in [0.15, 0.2) is 5.69 Å². The van der Waals surface area contributed by atoms with E-state index in [1.54, 1.807) is 12.1 Å². The van der Waals surface area contributed by atoms with E-state index >= 15 is 0 Å². The molecule has 1 aliphatic heterocycles. The molecule has 98 valence electrons. The summed E-state index contributed by atoms with van der Waals surface area (Å²) in [5.41, 5.74) is -0.111. The van der Waals surface area contributed by atoms with Gasteiger partial charge in [-0.2, -0.15) is 0 Å². The number of hydrogen-bond donors (Lipinski definition) is 2. The fourth-order valence-corrected chi connectivity index (χ4v) is 2.40. The number of aliphatic hydroxyl groups is 1. The summed E-state index contributed by atoms with van der Waals surface area (Å²) in [6, 6.07) is 3.29. The van der Waals surface area contributed by atoms with Crippen LogP contribution in [0.2, 0.25) is 5.02 Å². The second kappa shape index (κ2) is 5.54. The van der Waals surface area contributed by atoms with E-state index in [-0.39, 0.29) is 17.3 Å². The number of halogens is 1. The van der Waals surface area contributed by atoms with Crippen molar-refractivity contribution in [1.29, 1.82) is 0 Å². The van der Waals surface area contributed by atoms with Crippen LogP contribution in [0.5, 0.6) is 0 Å². The van der Waals surface area contributed by atoms with E-state index in [1.807, 2.05) is 4.90 Å². The van der Waals surface area contributed by atoms with Gasteiger partial charge in [-0.15, -0.1) is 0 Å². The molecule has 1 aromatic rings. The Morgan fingerprint density at radius 1 is 1.56 bits per heavy atom. The predicted molar refractivity (Wildman–Crippen MR) is 68.2 cm³/mol. The molecule has 0 saturated carbocycles. The normalized spacial score (nSPS) is 19.2. The molecule has 0 amide bonds. The maximum atomic E-state index is 11.0. The average molecular weight is 271 g/mol. The lowest BCUT2D eigenvalue weighted by Gasteiger charge is -2.18. The van der Waals surface area contributed by atoms with Crippen LogP contribution in [0.3, 0.4) is 0 Å². The first-order valence-electron chi connectivity index (χ1n) is 5.87. The summed E-state index contributed by atoms with van der Waals surface area (Å²) in [4.78, 5) is 17.1. The highest BCUT2D eigenvalue weighted by Gasteiger charge is 2.24. The molecule has 0 spiro atoms. The second-order valence-corrected chi connectivity index (χ2v) is 4.83. The van der Waals surface area contributed by atoms with Crippen LogP contribution in [0.4, 0.5) is 5.82 Å². The molecule has 2 N–H and O–H groups in total. The Hall–Kier alpha value is -1.33. The second-order valence-electron chi connectivity index (χ2n) is 4.42. The van der Waals surface area contributed by atoms with Crippen molar-refractivity contribution in [2.75, 3.05) is 24.6 Å². The molecule has 1 fully saturated rings. The lowest BCUT2D eigenvalue weighted by molar-refractivity contribution is 0.0691. The Kier molecular flexibility index (Phi) is 4.04. The summed E-state index contributed by atoms with van der Waals surface area (Å²) >= 11 is 5.78. The van der Waals surface area contributed by atoms with E-state index in [2.05, 4.69) is 4.98 Å². The van der Waals surface area contributed by atoms with E-state index in [9.17, 15) is 4.79 Å². The van der Waals surface area contributed by atoms with Gasteiger partial charge in [-0.3, -0.25) is 0 Å². The highest BCUT2D eigenvalue weighted by atomic mass is 35.5. The largest absolute Gasteiger partial charge is 0.476 e. The lowest BCUT2D eigenvalue weighted by atomic mass is 10.1. The Balaban J connectivity index is 2.15. The molecule has 0 radical (unpaired) electrons. The molecule has 1 saturated heterocycles. The van der Waals surface area contributed by atoms with Crippen LogP contribution >= 0.6 is 11.6 Å². The van der Waals surface area contributed by atoms with Crippen molar-refractivity contribution >= 4 is 23.4 Å².